The minimum atomic E-state index is -1.71. The van der Waals surface area contributed by atoms with Gasteiger partial charge in [-0.15, -0.1) is 0 Å². The minimum absolute atomic E-state index is 0.271. The van der Waals surface area contributed by atoms with Crippen LogP contribution in [0, 0.1) is 7.14 Å². The van der Waals surface area contributed by atoms with E-state index in [1.54, 1.807) is 0 Å². The zero-order valence-electron chi connectivity index (χ0n) is 8.04. The molecule has 84 valence electrons. The van der Waals surface area contributed by atoms with Crippen LogP contribution in [-0.4, -0.2) is 9.97 Å². The first-order chi connectivity index (χ1) is 7.68. The molecule has 0 atom stereocenters. The average Bonchev–Trinajstić information content (AvgIpc) is 2.29. The van der Waals surface area contributed by atoms with Crippen molar-refractivity contribution >= 4 is 34.5 Å². The molecule has 2 aromatic rings. The maximum absolute atomic E-state index is 11.6. The number of rotatable bonds is 2. The SMILES string of the molecule is O=c1[nH]cc(I(I)c2ccccc2)c(=O)[nH]1. The van der Waals surface area contributed by atoms with E-state index in [1.807, 2.05) is 30.3 Å². The second-order valence-corrected chi connectivity index (χ2v) is 12.2. The van der Waals surface area contributed by atoms with Gasteiger partial charge in [-0.1, -0.05) is 0 Å². The summed E-state index contributed by atoms with van der Waals surface area (Å²) in [5.74, 6) is 0. The molecule has 4 nitrogen and oxygen atoms in total. The van der Waals surface area contributed by atoms with Crippen LogP contribution in [0.1, 0.15) is 0 Å². The molecule has 2 N–H and O–H groups in total. The van der Waals surface area contributed by atoms with E-state index < -0.39 is 21.5 Å². The quantitative estimate of drug-likeness (QED) is 0.700. The van der Waals surface area contributed by atoms with Gasteiger partial charge in [0.15, 0.2) is 0 Å². The summed E-state index contributed by atoms with van der Waals surface area (Å²) in [6.45, 7) is 0. The molecule has 0 saturated heterocycles. The van der Waals surface area contributed by atoms with E-state index >= 15 is 0 Å². The molecule has 0 saturated carbocycles. The Balaban J connectivity index is 2.46. The standard InChI is InChI=1S/C10H8I2N2O2/c11-12(7-4-2-1-3-5-7)8-6-13-10(16)14-9(8)15/h1-6H,(H2,13,14,15,16). The molecule has 0 radical (unpaired) electrons. The third-order valence-corrected chi connectivity index (χ3v) is 11.6. The van der Waals surface area contributed by atoms with Crippen LogP contribution >= 0.6 is 34.5 Å². The number of H-pyrrole nitrogens is 2. The topological polar surface area (TPSA) is 65.7 Å². The van der Waals surface area contributed by atoms with Gasteiger partial charge in [0.1, 0.15) is 0 Å². The average molecular weight is 442 g/mol. The van der Waals surface area contributed by atoms with Crippen molar-refractivity contribution < 1.29 is 0 Å². The molecule has 1 aromatic heterocycles. The van der Waals surface area contributed by atoms with E-state index in [-0.39, 0.29) is 5.56 Å². The van der Waals surface area contributed by atoms with Crippen LogP contribution in [0.4, 0.5) is 0 Å². The van der Waals surface area contributed by atoms with E-state index in [4.69, 9.17) is 0 Å². The Morgan fingerprint density at radius 1 is 1.12 bits per heavy atom. The molecule has 2 rings (SSSR count). The zero-order valence-corrected chi connectivity index (χ0v) is 12.4. The van der Waals surface area contributed by atoms with E-state index in [9.17, 15) is 9.59 Å². The van der Waals surface area contributed by atoms with Gasteiger partial charge in [0.05, 0.1) is 0 Å². The Labute approximate surface area is 108 Å². The maximum atomic E-state index is 11.6. The summed E-state index contributed by atoms with van der Waals surface area (Å²) < 4.78 is 1.89. The molecule has 1 aromatic carbocycles. The van der Waals surface area contributed by atoms with Crippen LogP contribution in [0.3, 0.4) is 0 Å². The van der Waals surface area contributed by atoms with Crippen LogP contribution in [0.5, 0.6) is 0 Å². The molecule has 0 aliphatic carbocycles. The van der Waals surface area contributed by atoms with Crippen molar-refractivity contribution in [2.75, 3.05) is 0 Å². The Kier molecular flexibility index (Phi) is 3.79. The summed E-state index contributed by atoms with van der Waals surface area (Å²) in [6, 6.07) is 9.89. The number of aromatic nitrogens is 2. The number of nitrogens with one attached hydrogen (secondary N) is 2. The van der Waals surface area contributed by atoms with Crippen molar-refractivity contribution in [3.63, 3.8) is 0 Å². The molecule has 1 heterocycles. The van der Waals surface area contributed by atoms with E-state index in [0.717, 1.165) is 0 Å². The molecule has 0 aliphatic rings. The second-order valence-electron chi connectivity index (χ2n) is 2.95. The third kappa shape index (κ3) is 2.54. The Morgan fingerprint density at radius 3 is 2.44 bits per heavy atom. The van der Waals surface area contributed by atoms with Gasteiger partial charge in [-0.25, -0.2) is 0 Å². The molecular weight excluding hydrogens is 434 g/mol. The normalized spacial score (nSPS) is 11.2. The van der Waals surface area contributed by atoms with Gasteiger partial charge in [-0.2, -0.15) is 0 Å². The first-order valence-electron chi connectivity index (χ1n) is 4.42. The van der Waals surface area contributed by atoms with Crippen molar-refractivity contribution in [1.29, 1.82) is 0 Å². The van der Waals surface area contributed by atoms with Crippen molar-refractivity contribution in [3.05, 3.63) is 64.5 Å². The van der Waals surface area contributed by atoms with Crippen molar-refractivity contribution in [2.24, 2.45) is 0 Å². The second kappa shape index (κ2) is 5.13. The monoisotopic (exact) mass is 442 g/mol. The Bertz CT molecular complexity index is 592. The summed E-state index contributed by atoms with van der Waals surface area (Å²) in [7, 11) is 0. The third-order valence-electron chi connectivity index (χ3n) is 1.88. The molecule has 16 heavy (non-hydrogen) atoms. The van der Waals surface area contributed by atoms with Crippen molar-refractivity contribution in [1.82, 2.24) is 9.97 Å². The summed E-state index contributed by atoms with van der Waals surface area (Å²) in [5.41, 5.74) is -0.727. The number of benzene rings is 1. The van der Waals surface area contributed by atoms with Crippen LogP contribution in [0.2, 0.25) is 0 Å². The van der Waals surface area contributed by atoms with E-state index in [1.165, 1.54) is 9.77 Å². The zero-order chi connectivity index (χ0) is 11.5. The van der Waals surface area contributed by atoms with Crippen LogP contribution in [0.25, 0.3) is 0 Å². The van der Waals surface area contributed by atoms with Crippen LogP contribution in [0.15, 0.2) is 46.1 Å². The Hall–Kier alpha value is -0.640. The molecule has 0 aliphatic heterocycles. The first-order valence-corrected chi connectivity index (χ1v) is 12.9. The number of hydrogen-bond donors (Lipinski definition) is 2. The van der Waals surface area contributed by atoms with Gasteiger partial charge < -0.3 is 0 Å². The first kappa shape index (κ1) is 11.8. The van der Waals surface area contributed by atoms with Gasteiger partial charge in [0.2, 0.25) is 0 Å². The predicted octanol–water partition coefficient (Wildman–Crippen LogP) is 1.96. The fourth-order valence-corrected chi connectivity index (χ4v) is 7.73. The fourth-order valence-electron chi connectivity index (χ4n) is 1.16. The molecule has 6 heteroatoms. The molecule has 0 amide bonds. The van der Waals surface area contributed by atoms with E-state index in [2.05, 4.69) is 28.6 Å². The molecule has 0 unspecified atom stereocenters. The fraction of sp³-hybridized carbons (Fsp3) is 0. The molecular formula is C10H8I2N2O2. The predicted molar refractivity (Wildman–Crippen MR) is 79.6 cm³/mol. The van der Waals surface area contributed by atoms with E-state index in [0.29, 0.717) is 3.57 Å². The van der Waals surface area contributed by atoms with Crippen molar-refractivity contribution in [2.45, 2.75) is 0 Å². The number of aromatic amines is 2. The molecule has 0 bridgehead atoms. The van der Waals surface area contributed by atoms with Crippen LogP contribution in [-0.2, 0) is 0 Å². The van der Waals surface area contributed by atoms with Gasteiger partial charge in [0.25, 0.3) is 0 Å². The van der Waals surface area contributed by atoms with Gasteiger partial charge in [-0.05, 0) is 0 Å². The summed E-state index contributed by atoms with van der Waals surface area (Å²) >= 11 is 0.617. The van der Waals surface area contributed by atoms with Gasteiger partial charge >= 0.3 is 109 Å². The molecule has 0 spiro atoms. The number of halogens is 2. The summed E-state index contributed by atoms with van der Waals surface area (Å²) in [6.07, 6.45) is 1.53. The summed E-state index contributed by atoms with van der Waals surface area (Å²) in [5, 5.41) is 0. The molecule has 0 fully saturated rings. The van der Waals surface area contributed by atoms with Gasteiger partial charge in [0, 0.05) is 0 Å². The summed E-state index contributed by atoms with van der Waals surface area (Å²) in [4.78, 5) is 27.3. The van der Waals surface area contributed by atoms with Gasteiger partial charge in [-0.3, -0.25) is 0 Å². The Morgan fingerprint density at radius 2 is 1.81 bits per heavy atom. The van der Waals surface area contributed by atoms with Crippen LogP contribution < -0.4 is 11.2 Å². The van der Waals surface area contributed by atoms with Crippen molar-refractivity contribution in [3.8, 4) is 0 Å². The number of hydrogen-bond acceptors (Lipinski definition) is 2.